The molecule has 0 radical (unpaired) electrons. The van der Waals surface area contributed by atoms with Crippen molar-refractivity contribution >= 4 is 39.1 Å². The van der Waals surface area contributed by atoms with Crippen molar-refractivity contribution in [3.8, 4) is 5.75 Å². The number of aliphatic hydroxyl groups excluding tert-OH is 1. The average molecular weight is 376 g/mol. The van der Waals surface area contributed by atoms with Crippen molar-refractivity contribution in [3.05, 3.63) is 62.0 Å². The predicted octanol–water partition coefficient (Wildman–Crippen LogP) is 5.04. The summed E-state index contributed by atoms with van der Waals surface area (Å²) in [6.45, 7) is 0. The smallest absolute Gasteiger partial charge is 0.125 e. The maximum Gasteiger partial charge on any atom is 0.125 e. The summed E-state index contributed by atoms with van der Waals surface area (Å²) in [5.74, 6) is 0.630. The Morgan fingerprint density at radius 2 is 1.95 bits per heavy atom. The molecule has 0 aromatic heterocycles. The molecule has 2 rings (SSSR count). The molecular formula is C15H13BrCl2O2. The highest BCUT2D eigenvalue weighted by molar-refractivity contribution is 9.10. The number of ether oxygens (including phenoxy) is 1. The fourth-order valence-electron chi connectivity index (χ4n) is 1.98. The zero-order chi connectivity index (χ0) is 14.7. The van der Waals surface area contributed by atoms with E-state index in [0.717, 1.165) is 10.0 Å². The first-order valence-electron chi connectivity index (χ1n) is 5.96. The van der Waals surface area contributed by atoms with E-state index in [4.69, 9.17) is 27.9 Å². The molecule has 0 spiro atoms. The summed E-state index contributed by atoms with van der Waals surface area (Å²) in [7, 11) is 1.57. The number of hydrogen-bond acceptors (Lipinski definition) is 2. The minimum atomic E-state index is -0.714. The van der Waals surface area contributed by atoms with Gasteiger partial charge in [-0.05, 0) is 35.9 Å². The second kappa shape index (κ2) is 6.81. The van der Waals surface area contributed by atoms with Crippen LogP contribution in [0.2, 0.25) is 10.0 Å². The normalized spacial score (nSPS) is 12.2. The van der Waals surface area contributed by atoms with Crippen molar-refractivity contribution < 1.29 is 9.84 Å². The van der Waals surface area contributed by atoms with E-state index in [2.05, 4.69) is 15.9 Å². The van der Waals surface area contributed by atoms with E-state index in [1.165, 1.54) is 0 Å². The lowest BCUT2D eigenvalue weighted by Gasteiger charge is -2.16. The van der Waals surface area contributed by atoms with Gasteiger partial charge < -0.3 is 9.84 Å². The zero-order valence-electron chi connectivity index (χ0n) is 10.7. The van der Waals surface area contributed by atoms with Gasteiger partial charge in [0.15, 0.2) is 0 Å². The SMILES string of the molecule is COc1cc(Br)ccc1C(O)Cc1cc(Cl)ccc1Cl. The van der Waals surface area contributed by atoms with E-state index in [1.54, 1.807) is 25.3 Å². The molecule has 0 saturated carbocycles. The summed E-state index contributed by atoms with van der Waals surface area (Å²) in [6, 6.07) is 10.7. The minimum absolute atomic E-state index is 0.372. The Labute approximate surface area is 136 Å². The van der Waals surface area contributed by atoms with Crippen LogP contribution >= 0.6 is 39.1 Å². The molecule has 2 aromatic rings. The summed E-state index contributed by atoms with van der Waals surface area (Å²) >= 11 is 15.4. The Morgan fingerprint density at radius 1 is 1.20 bits per heavy atom. The van der Waals surface area contributed by atoms with Gasteiger partial charge in [-0.2, -0.15) is 0 Å². The lowest BCUT2D eigenvalue weighted by molar-refractivity contribution is 0.174. The molecule has 5 heteroatoms. The molecule has 1 atom stereocenters. The van der Waals surface area contributed by atoms with Gasteiger partial charge in [-0.25, -0.2) is 0 Å². The first-order chi connectivity index (χ1) is 9.51. The summed E-state index contributed by atoms with van der Waals surface area (Å²) in [4.78, 5) is 0. The number of benzene rings is 2. The maximum absolute atomic E-state index is 10.4. The second-order valence-corrected chi connectivity index (χ2v) is 6.10. The Kier molecular flexibility index (Phi) is 5.33. The molecule has 20 heavy (non-hydrogen) atoms. The van der Waals surface area contributed by atoms with Crippen LogP contribution in [0.15, 0.2) is 40.9 Å². The molecule has 0 heterocycles. The summed E-state index contributed by atoms with van der Waals surface area (Å²) in [6.07, 6.45) is -0.341. The van der Waals surface area contributed by atoms with Crippen LogP contribution in [-0.4, -0.2) is 12.2 Å². The molecule has 0 aliphatic carbocycles. The van der Waals surface area contributed by atoms with Gasteiger partial charge in [-0.1, -0.05) is 45.2 Å². The Bertz CT molecular complexity index is 617. The Balaban J connectivity index is 2.28. The topological polar surface area (TPSA) is 29.5 Å². The minimum Gasteiger partial charge on any atom is -0.496 e. The maximum atomic E-state index is 10.4. The summed E-state index contributed by atoms with van der Waals surface area (Å²) in [5, 5.41) is 11.6. The van der Waals surface area contributed by atoms with Crippen molar-refractivity contribution in [1.29, 1.82) is 0 Å². The molecular weight excluding hydrogens is 363 g/mol. The van der Waals surface area contributed by atoms with E-state index in [-0.39, 0.29) is 0 Å². The number of halogens is 3. The molecule has 0 bridgehead atoms. The predicted molar refractivity (Wildman–Crippen MR) is 85.8 cm³/mol. The molecule has 1 N–H and O–H groups in total. The summed E-state index contributed by atoms with van der Waals surface area (Å²) < 4.78 is 6.18. The monoisotopic (exact) mass is 374 g/mol. The Morgan fingerprint density at radius 3 is 2.65 bits per heavy atom. The number of methoxy groups -OCH3 is 1. The highest BCUT2D eigenvalue weighted by Gasteiger charge is 2.16. The van der Waals surface area contributed by atoms with Crippen LogP contribution < -0.4 is 4.74 Å². The molecule has 2 nitrogen and oxygen atoms in total. The van der Waals surface area contributed by atoms with Gasteiger partial charge in [0.25, 0.3) is 0 Å². The first kappa shape index (κ1) is 15.6. The Hall–Kier alpha value is -0.740. The van der Waals surface area contributed by atoms with Crippen LogP contribution in [0, 0.1) is 0 Å². The van der Waals surface area contributed by atoms with Crippen molar-refractivity contribution in [1.82, 2.24) is 0 Å². The van der Waals surface area contributed by atoms with E-state index in [0.29, 0.717) is 27.8 Å². The lowest BCUT2D eigenvalue weighted by atomic mass is 10.0. The molecule has 2 aromatic carbocycles. The van der Waals surface area contributed by atoms with E-state index < -0.39 is 6.10 Å². The largest absolute Gasteiger partial charge is 0.496 e. The molecule has 106 valence electrons. The average Bonchev–Trinajstić information content (AvgIpc) is 2.42. The second-order valence-electron chi connectivity index (χ2n) is 4.34. The van der Waals surface area contributed by atoms with Crippen LogP contribution in [0.4, 0.5) is 0 Å². The third kappa shape index (κ3) is 3.67. The molecule has 1 unspecified atom stereocenters. The highest BCUT2D eigenvalue weighted by Crippen LogP contribution is 2.32. The van der Waals surface area contributed by atoms with Crippen molar-refractivity contribution in [3.63, 3.8) is 0 Å². The van der Waals surface area contributed by atoms with Crippen LogP contribution in [0.5, 0.6) is 5.75 Å². The van der Waals surface area contributed by atoms with E-state index >= 15 is 0 Å². The fourth-order valence-corrected chi connectivity index (χ4v) is 2.71. The van der Waals surface area contributed by atoms with Gasteiger partial charge >= 0.3 is 0 Å². The number of rotatable bonds is 4. The molecule has 0 aliphatic heterocycles. The van der Waals surface area contributed by atoms with Crippen LogP contribution in [0.1, 0.15) is 17.2 Å². The fraction of sp³-hybridized carbons (Fsp3) is 0.200. The molecule has 0 amide bonds. The quantitative estimate of drug-likeness (QED) is 0.810. The van der Waals surface area contributed by atoms with Gasteiger partial charge in [0.05, 0.1) is 13.2 Å². The van der Waals surface area contributed by atoms with Gasteiger partial charge in [0.1, 0.15) is 5.75 Å². The van der Waals surface area contributed by atoms with Gasteiger partial charge in [0.2, 0.25) is 0 Å². The lowest BCUT2D eigenvalue weighted by Crippen LogP contribution is -2.04. The highest BCUT2D eigenvalue weighted by atomic mass is 79.9. The molecule has 0 aliphatic rings. The van der Waals surface area contributed by atoms with Crippen molar-refractivity contribution in [2.45, 2.75) is 12.5 Å². The third-order valence-corrected chi connectivity index (χ3v) is 4.07. The van der Waals surface area contributed by atoms with E-state index in [1.807, 2.05) is 18.2 Å². The molecule has 0 saturated heterocycles. The van der Waals surface area contributed by atoms with Crippen LogP contribution in [0.25, 0.3) is 0 Å². The van der Waals surface area contributed by atoms with Gasteiger partial charge in [-0.3, -0.25) is 0 Å². The molecule has 0 fully saturated rings. The van der Waals surface area contributed by atoms with Crippen molar-refractivity contribution in [2.24, 2.45) is 0 Å². The van der Waals surface area contributed by atoms with Gasteiger partial charge in [-0.15, -0.1) is 0 Å². The van der Waals surface area contributed by atoms with Crippen LogP contribution in [-0.2, 0) is 6.42 Å². The number of hydrogen-bond donors (Lipinski definition) is 1. The zero-order valence-corrected chi connectivity index (χ0v) is 13.8. The van der Waals surface area contributed by atoms with Crippen molar-refractivity contribution in [2.75, 3.05) is 7.11 Å². The van der Waals surface area contributed by atoms with Gasteiger partial charge in [0, 0.05) is 26.5 Å². The first-order valence-corrected chi connectivity index (χ1v) is 7.51. The number of aliphatic hydroxyl groups is 1. The third-order valence-electron chi connectivity index (χ3n) is 2.98. The summed E-state index contributed by atoms with van der Waals surface area (Å²) in [5.41, 5.74) is 1.52. The van der Waals surface area contributed by atoms with E-state index in [9.17, 15) is 5.11 Å². The van der Waals surface area contributed by atoms with Crippen LogP contribution in [0.3, 0.4) is 0 Å². The standard InChI is InChI=1S/C15H13BrCl2O2/c1-20-15-8-10(16)2-4-12(15)14(19)7-9-6-11(17)3-5-13(9)18/h2-6,8,14,19H,7H2,1H3.